The molecular weight excluding hydrogens is 272 g/mol. The molecule has 0 bridgehead atoms. The van der Waals surface area contributed by atoms with Crippen molar-refractivity contribution in [3.63, 3.8) is 0 Å². The van der Waals surface area contributed by atoms with Crippen LogP contribution in [-0.4, -0.2) is 31.1 Å². The summed E-state index contributed by atoms with van der Waals surface area (Å²) in [5.74, 6) is 0. The molecule has 0 aliphatic rings. The Labute approximate surface area is 111 Å². The van der Waals surface area contributed by atoms with Gasteiger partial charge in [-0.1, -0.05) is 0 Å². The molecule has 0 amide bonds. The lowest BCUT2D eigenvalue weighted by Gasteiger charge is -2.12. The van der Waals surface area contributed by atoms with Gasteiger partial charge in [-0.05, 0) is 32.4 Å². The highest BCUT2D eigenvalue weighted by molar-refractivity contribution is 7.89. The molecule has 0 aliphatic carbocycles. The fraction of sp³-hybridized carbons (Fsp3) is 0.455. The lowest BCUT2D eigenvalue weighted by Crippen LogP contribution is -2.35. The lowest BCUT2D eigenvalue weighted by molar-refractivity contribution is -0.385. The van der Waals surface area contributed by atoms with E-state index in [4.69, 9.17) is 5.11 Å². The Morgan fingerprint density at radius 2 is 2.00 bits per heavy atom. The van der Waals surface area contributed by atoms with E-state index in [1.807, 2.05) is 0 Å². The molecule has 0 spiro atoms. The Morgan fingerprint density at radius 3 is 2.47 bits per heavy atom. The van der Waals surface area contributed by atoms with Crippen LogP contribution in [0.5, 0.6) is 0 Å². The van der Waals surface area contributed by atoms with Gasteiger partial charge in [-0.15, -0.1) is 0 Å². The van der Waals surface area contributed by atoms with Gasteiger partial charge >= 0.3 is 0 Å². The van der Waals surface area contributed by atoms with Crippen molar-refractivity contribution in [1.82, 2.24) is 4.72 Å². The van der Waals surface area contributed by atoms with Gasteiger partial charge in [0.05, 0.1) is 16.4 Å². The third-order valence-electron chi connectivity index (χ3n) is 2.75. The normalized spacial score (nSPS) is 13.3. The van der Waals surface area contributed by atoms with Crippen LogP contribution in [0, 0.1) is 24.0 Å². The molecule has 0 aliphatic heterocycles. The molecule has 1 unspecified atom stereocenters. The number of nitro benzene ring substituents is 1. The van der Waals surface area contributed by atoms with Crippen LogP contribution in [0.1, 0.15) is 18.1 Å². The van der Waals surface area contributed by atoms with Gasteiger partial charge in [-0.3, -0.25) is 10.1 Å². The lowest BCUT2D eigenvalue weighted by atomic mass is 10.1. The van der Waals surface area contributed by atoms with Crippen molar-refractivity contribution in [3.05, 3.63) is 33.4 Å². The van der Waals surface area contributed by atoms with E-state index in [1.54, 1.807) is 13.8 Å². The van der Waals surface area contributed by atoms with E-state index in [0.717, 1.165) is 6.07 Å². The molecule has 0 fully saturated rings. The second-order valence-corrected chi connectivity index (χ2v) is 6.06. The van der Waals surface area contributed by atoms with E-state index >= 15 is 0 Å². The van der Waals surface area contributed by atoms with E-state index in [2.05, 4.69) is 4.72 Å². The third-order valence-corrected chi connectivity index (χ3v) is 4.32. The summed E-state index contributed by atoms with van der Waals surface area (Å²) < 4.78 is 26.2. The molecule has 0 saturated carbocycles. The monoisotopic (exact) mass is 288 g/mol. The molecule has 2 N–H and O–H groups in total. The Bertz CT molecular complexity index is 597. The highest BCUT2D eigenvalue weighted by Crippen LogP contribution is 2.25. The number of benzene rings is 1. The number of aliphatic hydroxyl groups is 1. The van der Waals surface area contributed by atoms with Crippen molar-refractivity contribution in [2.75, 3.05) is 6.61 Å². The Morgan fingerprint density at radius 1 is 1.42 bits per heavy atom. The van der Waals surface area contributed by atoms with Crippen LogP contribution in [0.15, 0.2) is 17.0 Å². The van der Waals surface area contributed by atoms with Crippen molar-refractivity contribution >= 4 is 15.7 Å². The van der Waals surface area contributed by atoms with E-state index < -0.39 is 21.0 Å². The predicted octanol–water partition coefficient (Wildman–Crippen LogP) is 0.871. The molecule has 1 aromatic rings. The van der Waals surface area contributed by atoms with Gasteiger partial charge in [-0.25, -0.2) is 13.1 Å². The van der Waals surface area contributed by atoms with Crippen LogP contribution >= 0.6 is 0 Å². The zero-order chi connectivity index (χ0) is 14.8. The average molecular weight is 288 g/mol. The maximum Gasteiger partial charge on any atom is 0.273 e. The van der Waals surface area contributed by atoms with Gasteiger partial charge in [-0.2, -0.15) is 0 Å². The number of sulfonamides is 1. The van der Waals surface area contributed by atoms with Crippen LogP contribution in [-0.2, 0) is 10.0 Å². The summed E-state index contributed by atoms with van der Waals surface area (Å²) in [5, 5.41) is 19.7. The molecule has 106 valence electrons. The first kappa shape index (κ1) is 15.5. The summed E-state index contributed by atoms with van der Waals surface area (Å²) in [5.41, 5.74) is 0.711. The highest BCUT2D eigenvalue weighted by Gasteiger charge is 2.22. The maximum absolute atomic E-state index is 12.0. The van der Waals surface area contributed by atoms with Crippen LogP contribution in [0.2, 0.25) is 0 Å². The van der Waals surface area contributed by atoms with Crippen LogP contribution < -0.4 is 4.72 Å². The van der Waals surface area contributed by atoms with Gasteiger partial charge in [0.2, 0.25) is 10.0 Å². The maximum atomic E-state index is 12.0. The molecule has 1 aromatic carbocycles. The number of hydrogen-bond acceptors (Lipinski definition) is 5. The first-order chi connectivity index (χ1) is 8.69. The summed E-state index contributed by atoms with van der Waals surface area (Å²) in [4.78, 5) is 10.1. The SMILES string of the molecule is Cc1cc(S(=O)(=O)NC(C)CO)cc([N+](=O)[O-])c1C. The van der Waals surface area contributed by atoms with Gasteiger partial charge in [0, 0.05) is 17.7 Å². The van der Waals surface area contributed by atoms with Crippen LogP contribution in [0.4, 0.5) is 5.69 Å². The highest BCUT2D eigenvalue weighted by atomic mass is 32.2. The van der Waals surface area contributed by atoms with Crippen LogP contribution in [0.25, 0.3) is 0 Å². The minimum Gasteiger partial charge on any atom is -0.395 e. The number of aliphatic hydroxyl groups excluding tert-OH is 1. The standard InChI is InChI=1S/C11H16N2O5S/c1-7-4-10(5-11(9(7)3)13(15)16)19(17,18)12-8(2)6-14/h4-5,8,12,14H,6H2,1-3H3. The number of aryl methyl sites for hydroxylation is 1. The van der Waals surface area contributed by atoms with E-state index in [9.17, 15) is 18.5 Å². The number of rotatable bonds is 5. The Balaban J connectivity index is 3.32. The number of nitro groups is 1. The van der Waals surface area contributed by atoms with E-state index in [0.29, 0.717) is 11.1 Å². The summed E-state index contributed by atoms with van der Waals surface area (Å²) in [6.45, 7) is 4.31. The molecular formula is C11H16N2O5S. The molecule has 7 nitrogen and oxygen atoms in total. The Hall–Kier alpha value is -1.51. The quantitative estimate of drug-likeness (QED) is 0.617. The number of nitrogens with one attached hydrogen (secondary N) is 1. The molecule has 0 heterocycles. The van der Waals surface area contributed by atoms with E-state index in [1.165, 1.54) is 13.0 Å². The average Bonchev–Trinajstić information content (AvgIpc) is 2.31. The Kier molecular flexibility index (Phi) is 4.61. The summed E-state index contributed by atoms with van der Waals surface area (Å²) >= 11 is 0. The second-order valence-electron chi connectivity index (χ2n) is 4.35. The summed E-state index contributed by atoms with van der Waals surface area (Å²) in [6, 6.07) is 1.73. The molecule has 0 saturated heterocycles. The minimum absolute atomic E-state index is 0.178. The number of hydrogen-bond donors (Lipinski definition) is 2. The van der Waals surface area contributed by atoms with Crippen molar-refractivity contribution in [3.8, 4) is 0 Å². The zero-order valence-electron chi connectivity index (χ0n) is 10.9. The predicted molar refractivity (Wildman–Crippen MR) is 69.4 cm³/mol. The largest absolute Gasteiger partial charge is 0.395 e. The van der Waals surface area contributed by atoms with Crippen molar-refractivity contribution in [1.29, 1.82) is 0 Å². The molecule has 1 rings (SSSR count). The molecule has 1 atom stereocenters. The van der Waals surface area contributed by atoms with Gasteiger partial charge < -0.3 is 5.11 Å². The molecule has 8 heteroatoms. The van der Waals surface area contributed by atoms with Crippen molar-refractivity contribution in [2.24, 2.45) is 0 Å². The fourth-order valence-corrected chi connectivity index (χ4v) is 2.86. The van der Waals surface area contributed by atoms with Gasteiger partial charge in [0.1, 0.15) is 0 Å². The smallest absolute Gasteiger partial charge is 0.273 e. The second kappa shape index (κ2) is 5.64. The van der Waals surface area contributed by atoms with Crippen molar-refractivity contribution in [2.45, 2.75) is 31.7 Å². The van der Waals surface area contributed by atoms with Crippen LogP contribution in [0.3, 0.4) is 0 Å². The molecule has 19 heavy (non-hydrogen) atoms. The van der Waals surface area contributed by atoms with Gasteiger partial charge in [0.25, 0.3) is 5.69 Å². The summed E-state index contributed by atoms with van der Waals surface area (Å²) in [7, 11) is -3.88. The zero-order valence-corrected chi connectivity index (χ0v) is 11.7. The van der Waals surface area contributed by atoms with Gasteiger partial charge in [0.15, 0.2) is 0 Å². The first-order valence-electron chi connectivity index (χ1n) is 5.58. The first-order valence-corrected chi connectivity index (χ1v) is 7.06. The topological polar surface area (TPSA) is 110 Å². The van der Waals surface area contributed by atoms with E-state index in [-0.39, 0.29) is 17.2 Å². The van der Waals surface area contributed by atoms with Crippen molar-refractivity contribution < 1.29 is 18.4 Å². The summed E-state index contributed by atoms with van der Waals surface area (Å²) in [6.07, 6.45) is 0. The fourth-order valence-electron chi connectivity index (χ4n) is 1.52. The number of nitrogens with zero attached hydrogens (tertiary/aromatic N) is 1. The third kappa shape index (κ3) is 3.49. The molecule has 0 aromatic heterocycles. The molecule has 0 radical (unpaired) electrons. The minimum atomic E-state index is -3.88.